The summed E-state index contributed by atoms with van der Waals surface area (Å²) in [6, 6.07) is 8.08. The molecule has 0 spiro atoms. The molecule has 0 amide bonds. The van der Waals surface area contributed by atoms with Crippen molar-refractivity contribution >= 4 is 32.4 Å². The number of thiazole rings is 1. The highest BCUT2D eigenvalue weighted by atomic mass is 79.9. The number of aromatic nitrogens is 1. The highest BCUT2D eigenvalue weighted by Crippen LogP contribution is 2.28. The van der Waals surface area contributed by atoms with Crippen LogP contribution in [-0.4, -0.2) is 11.1 Å². The minimum Gasteiger partial charge on any atom is -0.491 e. The summed E-state index contributed by atoms with van der Waals surface area (Å²) < 4.78 is 6.61. The lowest BCUT2D eigenvalue weighted by molar-refractivity contribution is 0.242. The third-order valence-corrected chi connectivity index (χ3v) is 3.99. The van der Waals surface area contributed by atoms with Crippen LogP contribution in [0.25, 0.3) is 0 Å². The highest BCUT2D eigenvalue weighted by Gasteiger charge is 2.08. The van der Waals surface area contributed by atoms with Crippen molar-refractivity contribution in [2.75, 3.05) is 5.73 Å². The van der Waals surface area contributed by atoms with E-state index in [9.17, 15) is 0 Å². The van der Waals surface area contributed by atoms with E-state index in [1.165, 1.54) is 16.9 Å². The largest absolute Gasteiger partial charge is 0.491 e. The van der Waals surface area contributed by atoms with Crippen molar-refractivity contribution < 1.29 is 4.74 Å². The molecule has 2 rings (SSSR count). The minimum atomic E-state index is 0.198. The zero-order valence-electron chi connectivity index (χ0n) is 10.3. The van der Waals surface area contributed by atoms with Crippen LogP contribution in [0, 0.1) is 0 Å². The molecule has 2 aromatic rings. The molecule has 0 aliphatic carbocycles. The Hall–Kier alpha value is -1.07. The lowest BCUT2D eigenvalue weighted by atomic mass is 10.1. The van der Waals surface area contributed by atoms with Gasteiger partial charge >= 0.3 is 0 Å². The number of hydrogen-bond donors (Lipinski definition) is 1. The number of halogens is 1. The Labute approximate surface area is 119 Å². The lowest BCUT2D eigenvalue weighted by Gasteiger charge is -2.09. The second kappa shape index (κ2) is 5.71. The van der Waals surface area contributed by atoms with Gasteiger partial charge in [-0.2, -0.15) is 0 Å². The van der Waals surface area contributed by atoms with Crippen LogP contribution in [0.3, 0.4) is 0 Å². The minimum absolute atomic E-state index is 0.198. The van der Waals surface area contributed by atoms with Gasteiger partial charge in [-0.05, 0) is 47.5 Å². The van der Waals surface area contributed by atoms with Gasteiger partial charge in [-0.3, -0.25) is 0 Å². The van der Waals surface area contributed by atoms with Gasteiger partial charge in [0.05, 0.1) is 15.6 Å². The van der Waals surface area contributed by atoms with Crippen molar-refractivity contribution in [1.82, 2.24) is 4.98 Å². The third kappa shape index (κ3) is 3.46. The molecule has 0 saturated carbocycles. The van der Waals surface area contributed by atoms with E-state index in [0.717, 1.165) is 21.7 Å². The molecule has 0 aliphatic heterocycles. The van der Waals surface area contributed by atoms with E-state index in [1.54, 1.807) is 0 Å². The van der Waals surface area contributed by atoms with Gasteiger partial charge in [-0.25, -0.2) is 4.98 Å². The fraction of sp³-hybridized carbons (Fsp3) is 0.308. The zero-order valence-corrected chi connectivity index (χ0v) is 12.7. The van der Waals surface area contributed by atoms with Gasteiger partial charge in [0.15, 0.2) is 5.13 Å². The van der Waals surface area contributed by atoms with E-state index >= 15 is 0 Å². The quantitative estimate of drug-likeness (QED) is 0.927. The summed E-state index contributed by atoms with van der Waals surface area (Å²) in [5, 5.41) is 0.594. The maximum atomic E-state index is 5.67. The third-order valence-electron chi connectivity index (χ3n) is 2.33. The Kier molecular flexibility index (Phi) is 4.24. The van der Waals surface area contributed by atoms with Crippen LogP contribution in [0.15, 0.2) is 28.1 Å². The molecular weight excluding hydrogens is 312 g/mol. The molecule has 0 bridgehead atoms. The van der Waals surface area contributed by atoms with Crippen LogP contribution in [-0.2, 0) is 6.42 Å². The monoisotopic (exact) mass is 326 g/mol. The first-order valence-corrected chi connectivity index (χ1v) is 7.32. The molecule has 1 aromatic heterocycles. The van der Waals surface area contributed by atoms with Crippen molar-refractivity contribution in [2.24, 2.45) is 0 Å². The maximum Gasteiger partial charge on any atom is 0.181 e. The molecule has 0 saturated heterocycles. The highest BCUT2D eigenvalue weighted by molar-refractivity contribution is 9.11. The normalized spacial score (nSPS) is 10.9. The number of benzene rings is 1. The Morgan fingerprint density at radius 3 is 2.50 bits per heavy atom. The Morgan fingerprint density at radius 1 is 1.33 bits per heavy atom. The summed E-state index contributed by atoms with van der Waals surface area (Å²) in [6.45, 7) is 4.03. The fourth-order valence-corrected chi connectivity index (χ4v) is 2.91. The number of nitrogens with zero attached hydrogens (tertiary/aromatic N) is 1. The number of nitrogens with two attached hydrogens (primary N) is 1. The van der Waals surface area contributed by atoms with Gasteiger partial charge in [0.2, 0.25) is 0 Å². The average Bonchev–Trinajstić information content (AvgIpc) is 2.59. The van der Waals surface area contributed by atoms with Gasteiger partial charge in [0, 0.05) is 6.42 Å². The van der Waals surface area contributed by atoms with E-state index in [-0.39, 0.29) is 6.10 Å². The zero-order chi connectivity index (χ0) is 13.1. The van der Waals surface area contributed by atoms with E-state index in [1.807, 2.05) is 26.0 Å². The maximum absolute atomic E-state index is 5.67. The first kappa shape index (κ1) is 13.4. The number of hydrogen-bond acceptors (Lipinski definition) is 4. The van der Waals surface area contributed by atoms with Crippen molar-refractivity contribution in [2.45, 2.75) is 26.4 Å². The Bertz CT molecular complexity index is 522. The summed E-state index contributed by atoms with van der Waals surface area (Å²) in [5.41, 5.74) is 7.84. The van der Waals surface area contributed by atoms with Crippen molar-refractivity contribution in [1.29, 1.82) is 0 Å². The fourth-order valence-electron chi connectivity index (χ4n) is 1.61. The van der Waals surface area contributed by atoms with Crippen LogP contribution in [0.1, 0.15) is 25.1 Å². The average molecular weight is 327 g/mol. The summed E-state index contributed by atoms with van der Waals surface area (Å²) in [5.74, 6) is 0.894. The topological polar surface area (TPSA) is 48.1 Å². The SMILES string of the molecule is CC(C)Oc1ccc(Cc2nc(N)sc2Br)cc1. The molecule has 18 heavy (non-hydrogen) atoms. The number of anilines is 1. The molecule has 1 aromatic carbocycles. The molecule has 1 heterocycles. The molecule has 0 atom stereocenters. The summed E-state index contributed by atoms with van der Waals surface area (Å²) in [4.78, 5) is 4.29. The van der Waals surface area contributed by atoms with Crippen LogP contribution in [0.4, 0.5) is 5.13 Å². The first-order chi connectivity index (χ1) is 8.54. The molecular formula is C13H15BrN2OS. The molecule has 0 unspecified atom stereocenters. The lowest BCUT2D eigenvalue weighted by Crippen LogP contribution is -2.05. The second-order valence-corrected chi connectivity index (χ2v) is 6.61. The molecule has 3 nitrogen and oxygen atoms in total. The van der Waals surface area contributed by atoms with Gasteiger partial charge in [-0.15, -0.1) is 0 Å². The van der Waals surface area contributed by atoms with E-state index < -0.39 is 0 Å². The van der Waals surface area contributed by atoms with Crippen molar-refractivity contribution in [3.63, 3.8) is 0 Å². The molecule has 2 N–H and O–H groups in total. The smallest absolute Gasteiger partial charge is 0.181 e. The number of ether oxygens (including phenoxy) is 1. The molecule has 0 radical (unpaired) electrons. The first-order valence-electron chi connectivity index (χ1n) is 5.71. The van der Waals surface area contributed by atoms with Crippen LogP contribution in [0.2, 0.25) is 0 Å². The van der Waals surface area contributed by atoms with E-state index in [0.29, 0.717) is 5.13 Å². The predicted octanol–water partition coefficient (Wildman–Crippen LogP) is 3.87. The van der Waals surface area contributed by atoms with Gasteiger partial charge in [0.25, 0.3) is 0 Å². The number of nitrogen functional groups attached to an aromatic ring is 1. The van der Waals surface area contributed by atoms with Crippen LogP contribution in [0.5, 0.6) is 5.75 Å². The van der Waals surface area contributed by atoms with Crippen LogP contribution < -0.4 is 10.5 Å². The van der Waals surface area contributed by atoms with Crippen molar-refractivity contribution in [3.05, 3.63) is 39.3 Å². The molecule has 0 aliphatic rings. The Morgan fingerprint density at radius 2 is 2.00 bits per heavy atom. The van der Waals surface area contributed by atoms with Gasteiger partial charge in [-0.1, -0.05) is 23.5 Å². The standard InChI is InChI=1S/C13H15BrN2OS/c1-8(2)17-10-5-3-9(4-6-10)7-11-12(14)18-13(15)16-11/h3-6,8H,7H2,1-2H3,(H2,15,16). The summed E-state index contributed by atoms with van der Waals surface area (Å²) >= 11 is 4.93. The molecule has 0 fully saturated rings. The van der Waals surface area contributed by atoms with Crippen molar-refractivity contribution in [3.8, 4) is 5.75 Å². The second-order valence-electron chi connectivity index (χ2n) is 4.26. The predicted molar refractivity (Wildman–Crippen MR) is 79.2 cm³/mol. The summed E-state index contributed by atoms with van der Waals surface area (Å²) in [6.07, 6.45) is 0.972. The van der Waals surface area contributed by atoms with E-state index in [2.05, 4.69) is 33.0 Å². The number of rotatable bonds is 4. The Balaban J connectivity index is 2.08. The van der Waals surface area contributed by atoms with Gasteiger partial charge in [0.1, 0.15) is 5.75 Å². The molecule has 5 heteroatoms. The van der Waals surface area contributed by atoms with Crippen LogP contribution >= 0.6 is 27.3 Å². The summed E-state index contributed by atoms with van der Waals surface area (Å²) in [7, 11) is 0. The molecule has 96 valence electrons. The van der Waals surface area contributed by atoms with Gasteiger partial charge < -0.3 is 10.5 Å². The van der Waals surface area contributed by atoms with E-state index in [4.69, 9.17) is 10.5 Å².